The van der Waals surface area contributed by atoms with Crippen LogP contribution in [0.1, 0.15) is 29.5 Å². The van der Waals surface area contributed by atoms with Crippen LogP contribution in [0.25, 0.3) is 0 Å². The molecule has 1 amide bonds. The lowest BCUT2D eigenvalue weighted by Gasteiger charge is -2.17. The van der Waals surface area contributed by atoms with E-state index in [0.29, 0.717) is 12.3 Å². The molecule has 4 heteroatoms. The summed E-state index contributed by atoms with van der Waals surface area (Å²) in [5, 5.41) is 8.60. The van der Waals surface area contributed by atoms with Crippen LogP contribution in [-0.2, 0) is 0 Å². The lowest BCUT2D eigenvalue weighted by atomic mass is 10.2. The fourth-order valence-electron chi connectivity index (χ4n) is 1.34. The third kappa shape index (κ3) is 2.59. The Bertz CT molecular complexity index is 376. The van der Waals surface area contributed by atoms with Gasteiger partial charge >= 0.3 is 0 Å². The number of hydrogen-bond acceptors (Lipinski definition) is 3. The average molecular weight is 206 g/mol. The van der Waals surface area contributed by atoms with E-state index < -0.39 is 0 Å². The Labute approximate surface area is 89.1 Å². The lowest BCUT2D eigenvalue weighted by molar-refractivity contribution is 0.0743. The van der Waals surface area contributed by atoms with E-state index >= 15 is 0 Å². The van der Waals surface area contributed by atoms with Crippen molar-refractivity contribution in [3.05, 3.63) is 23.7 Å². The predicted molar refractivity (Wildman–Crippen MR) is 55.3 cm³/mol. The molecule has 0 aliphatic heterocycles. The van der Waals surface area contributed by atoms with Crippen LogP contribution < -0.4 is 0 Å². The van der Waals surface area contributed by atoms with E-state index in [2.05, 4.69) is 0 Å². The summed E-state index contributed by atoms with van der Waals surface area (Å²) in [6, 6.07) is 3.72. The number of carbonyl (C=O) groups is 1. The van der Waals surface area contributed by atoms with Crippen molar-refractivity contribution in [2.24, 2.45) is 0 Å². The summed E-state index contributed by atoms with van der Waals surface area (Å²) in [6.45, 7) is 4.46. The van der Waals surface area contributed by atoms with Crippen LogP contribution in [0, 0.1) is 18.3 Å². The topological polar surface area (TPSA) is 57.2 Å². The van der Waals surface area contributed by atoms with E-state index in [4.69, 9.17) is 9.68 Å². The molecule has 1 rings (SSSR count). The molecule has 1 aromatic rings. The van der Waals surface area contributed by atoms with Crippen molar-refractivity contribution < 1.29 is 9.21 Å². The standard InChI is InChI=1S/C11H14N2O2/c1-3-6-13(7-5-12)11(14)10-9(2)4-8-15-10/h4,8H,3,6-7H2,1-2H3. The van der Waals surface area contributed by atoms with Crippen LogP contribution in [0.5, 0.6) is 0 Å². The normalized spacial score (nSPS) is 9.67. The highest BCUT2D eigenvalue weighted by molar-refractivity contribution is 5.92. The van der Waals surface area contributed by atoms with Crippen LogP contribution in [0.3, 0.4) is 0 Å². The van der Waals surface area contributed by atoms with Gasteiger partial charge in [-0.3, -0.25) is 4.79 Å². The first-order valence-electron chi connectivity index (χ1n) is 4.91. The van der Waals surface area contributed by atoms with Gasteiger partial charge in [-0.05, 0) is 19.4 Å². The average Bonchev–Trinajstić information content (AvgIpc) is 2.63. The molecule has 0 fully saturated rings. The summed E-state index contributed by atoms with van der Waals surface area (Å²) in [7, 11) is 0. The van der Waals surface area contributed by atoms with Crippen LogP contribution >= 0.6 is 0 Å². The molecule has 0 bridgehead atoms. The molecule has 0 aliphatic rings. The maximum absolute atomic E-state index is 11.9. The molecule has 4 nitrogen and oxygen atoms in total. The van der Waals surface area contributed by atoms with Crippen molar-refractivity contribution >= 4 is 5.91 Å². The highest BCUT2D eigenvalue weighted by Gasteiger charge is 2.19. The highest BCUT2D eigenvalue weighted by Crippen LogP contribution is 2.12. The van der Waals surface area contributed by atoms with E-state index in [-0.39, 0.29) is 12.5 Å². The zero-order valence-electron chi connectivity index (χ0n) is 8.99. The number of amides is 1. The number of rotatable bonds is 4. The maximum Gasteiger partial charge on any atom is 0.290 e. The predicted octanol–water partition coefficient (Wildman–Crippen LogP) is 1.96. The van der Waals surface area contributed by atoms with Crippen molar-refractivity contribution in [1.82, 2.24) is 4.90 Å². The van der Waals surface area contributed by atoms with Gasteiger partial charge < -0.3 is 9.32 Å². The third-order valence-electron chi connectivity index (χ3n) is 2.10. The van der Waals surface area contributed by atoms with Crippen LogP contribution in [-0.4, -0.2) is 23.9 Å². The molecule has 0 aliphatic carbocycles. The Morgan fingerprint density at radius 2 is 2.40 bits per heavy atom. The summed E-state index contributed by atoms with van der Waals surface area (Å²) >= 11 is 0. The first-order valence-corrected chi connectivity index (χ1v) is 4.91. The zero-order chi connectivity index (χ0) is 11.3. The Kier molecular flexibility index (Phi) is 3.92. The molecule has 0 radical (unpaired) electrons. The Balaban J connectivity index is 2.81. The minimum absolute atomic E-state index is 0.104. The summed E-state index contributed by atoms with van der Waals surface area (Å²) in [5.74, 6) is 0.125. The van der Waals surface area contributed by atoms with Gasteiger partial charge in [0.2, 0.25) is 0 Å². The molecule has 0 spiro atoms. The first kappa shape index (κ1) is 11.3. The fraction of sp³-hybridized carbons (Fsp3) is 0.455. The summed E-state index contributed by atoms with van der Waals surface area (Å²) in [5.41, 5.74) is 0.805. The second kappa shape index (κ2) is 5.20. The Hall–Kier alpha value is -1.76. The minimum atomic E-state index is -0.207. The van der Waals surface area contributed by atoms with Crippen LogP contribution in [0.4, 0.5) is 0 Å². The van der Waals surface area contributed by atoms with Gasteiger partial charge in [0.05, 0.1) is 12.3 Å². The SMILES string of the molecule is CCCN(CC#N)C(=O)c1occc1C. The molecule has 0 saturated heterocycles. The summed E-state index contributed by atoms with van der Waals surface area (Å²) in [6.07, 6.45) is 2.31. The van der Waals surface area contributed by atoms with Gasteiger partial charge in [0, 0.05) is 12.1 Å². The van der Waals surface area contributed by atoms with E-state index in [1.807, 2.05) is 19.9 Å². The van der Waals surface area contributed by atoms with Gasteiger partial charge in [0.1, 0.15) is 6.54 Å². The molecule has 0 N–H and O–H groups in total. The number of aryl methyl sites for hydroxylation is 1. The number of nitriles is 1. The summed E-state index contributed by atoms with van der Waals surface area (Å²) < 4.78 is 5.10. The van der Waals surface area contributed by atoms with Crippen molar-refractivity contribution in [2.75, 3.05) is 13.1 Å². The molecule has 0 unspecified atom stereocenters. The molecular weight excluding hydrogens is 192 g/mol. The number of nitrogens with zero attached hydrogens (tertiary/aromatic N) is 2. The molecule has 80 valence electrons. The van der Waals surface area contributed by atoms with E-state index in [1.54, 1.807) is 6.07 Å². The van der Waals surface area contributed by atoms with E-state index in [9.17, 15) is 4.79 Å². The highest BCUT2D eigenvalue weighted by atomic mass is 16.3. The maximum atomic E-state index is 11.9. The van der Waals surface area contributed by atoms with E-state index in [1.165, 1.54) is 11.2 Å². The van der Waals surface area contributed by atoms with E-state index in [0.717, 1.165) is 12.0 Å². The van der Waals surface area contributed by atoms with Crippen molar-refractivity contribution in [2.45, 2.75) is 20.3 Å². The largest absolute Gasteiger partial charge is 0.459 e. The van der Waals surface area contributed by atoms with Crippen molar-refractivity contribution in [1.29, 1.82) is 5.26 Å². The lowest BCUT2D eigenvalue weighted by Crippen LogP contribution is -2.32. The first-order chi connectivity index (χ1) is 7.20. The Morgan fingerprint density at radius 1 is 1.67 bits per heavy atom. The monoisotopic (exact) mass is 206 g/mol. The molecule has 1 aromatic heterocycles. The molecular formula is C11H14N2O2. The zero-order valence-corrected chi connectivity index (χ0v) is 8.99. The van der Waals surface area contributed by atoms with Crippen LogP contribution in [0.15, 0.2) is 16.7 Å². The van der Waals surface area contributed by atoms with Crippen LogP contribution in [0.2, 0.25) is 0 Å². The molecule has 0 atom stereocenters. The molecule has 1 heterocycles. The van der Waals surface area contributed by atoms with Crippen molar-refractivity contribution in [3.63, 3.8) is 0 Å². The summed E-state index contributed by atoms with van der Waals surface area (Å²) in [4.78, 5) is 13.4. The second-order valence-corrected chi connectivity index (χ2v) is 3.32. The van der Waals surface area contributed by atoms with Gasteiger partial charge in [-0.25, -0.2) is 0 Å². The Morgan fingerprint density at radius 3 is 2.87 bits per heavy atom. The van der Waals surface area contributed by atoms with Gasteiger partial charge in [-0.2, -0.15) is 5.26 Å². The number of furan rings is 1. The number of hydrogen-bond donors (Lipinski definition) is 0. The molecule has 0 aromatic carbocycles. The molecule has 15 heavy (non-hydrogen) atoms. The number of carbonyl (C=O) groups excluding carboxylic acids is 1. The van der Waals surface area contributed by atoms with Crippen molar-refractivity contribution in [3.8, 4) is 6.07 Å². The van der Waals surface area contributed by atoms with Gasteiger partial charge in [-0.1, -0.05) is 6.92 Å². The van der Waals surface area contributed by atoms with Gasteiger partial charge in [-0.15, -0.1) is 0 Å². The minimum Gasteiger partial charge on any atom is -0.459 e. The smallest absolute Gasteiger partial charge is 0.290 e. The molecule has 0 saturated carbocycles. The quantitative estimate of drug-likeness (QED) is 0.707. The van der Waals surface area contributed by atoms with Gasteiger partial charge in [0.15, 0.2) is 5.76 Å². The van der Waals surface area contributed by atoms with Gasteiger partial charge in [0.25, 0.3) is 5.91 Å². The fourth-order valence-corrected chi connectivity index (χ4v) is 1.34. The third-order valence-corrected chi connectivity index (χ3v) is 2.10. The second-order valence-electron chi connectivity index (χ2n) is 3.32.